The maximum Gasteiger partial charge on any atom is 0.310 e. The first-order chi connectivity index (χ1) is 12.3. The fraction of sp³-hybridized carbons (Fsp3) is 0.176. The first-order valence-corrected chi connectivity index (χ1v) is 8.35. The minimum absolute atomic E-state index is 0.0334. The van der Waals surface area contributed by atoms with Gasteiger partial charge < -0.3 is 4.74 Å². The fourth-order valence-electron chi connectivity index (χ4n) is 1.98. The summed E-state index contributed by atoms with van der Waals surface area (Å²) in [7, 11) is 0. The van der Waals surface area contributed by atoms with Crippen molar-refractivity contribution in [3.8, 4) is 5.75 Å². The summed E-state index contributed by atoms with van der Waals surface area (Å²) in [6.45, 7) is 3.30. The minimum atomic E-state index is -1.05. The van der Waals surface area contributed by atoms with Gasteiger partial charge in [-0.2, -0.15) is 0 Å². The molecule has 0 heterocycles. The van der Waals surface area contributed by atoms with Gasteiger partial charge in [-0.25, -0.2) is 0 Å². The number of aryl methyl sites for hydroxylation is 1. The van der Waals surface area contributed by atoms with Crippen LogP contribution in [0.5, 0.6) is 5.75 Å². The Kier molecular flexibility index (Phi) is 6.29. The second-order valence-corrected chi connectivity index (χ2v) is 6.25. The number of hydrazine groups is 1. The van der Waals surface area contributed by atoms with Crippen molar-refractivity contribution in [2.75, 3.05) is 0 Å². The predicted octanol–water partition coefficient (Wildman–Crippen LogP) is 2.89. The van der Waals surface area contributed by atoms with Gasteiger partial charge in [-0.3, -0.25) is 30.6 Å². The molecule has 0 aliphatic rings. The maximum absolute atomic E-state index is 12.1. The molecule has 136 valence electrons. The van der Waals surface area contributed by atoms with Gasteiger partial charge in [0.2, 0.25) is 0 Å². The standard InChI is InChI=1S/C17H16BrN3O5/c1-10-7-8-12(9-13(10)18)17(23)20-19-16(22)11(2)26-15-6-4-3-5-14(15)21(24)25/h3-9,11H,1-2H3,(H,19,22)(H,20,23). The zero-order chi connectivity index (χ0) is 19.3. The number of para-hydroxylation sites is 2. The van der Waals surface area contributed by atoms with Crippen LogP contribution in [0.1, 0.15) is 22.8 Å². The first-order valence-electron chi connectivity index (χ1n) is 7.56. The van der Waals surface area contributed by atoms with Crippen molar-refractivity contribution in [1.82, 2.24) is 10.9 Å². The molecule has 0 radical (unpaired) electrons. The Morgan fingerprint density at radius 3 is 2.54 bits per heavy atom. The van der Waals surface area contributed by atoms with E-state index in [2.05, 4.69) is 26.8 Å². The number of rotatable bonds is 5. The molecule has 0 saturated carbocycles. The monoisotopic (exact) mass is 421 g/mol. The Bertz CT molecular complexity index is 856. The number of ether oxygens (including phenoxy) is 1. The molecule has 2 aromatic carbocycles. The van der Waals surface area contributed by atoms with Crippen LogP contribution in [0.2, 0.25) is 0 Å². The zero-order valence-corrected chi connectivity index (χ0v) is 15.6. The summed E-state index contributed by atoms with van der Waals surface area (Å²) >= 11 is 3.33. The summed E-state index contributed by atoms with van der Waals surface area (Å²) in [6.07, 6.45) is -1.05. The summed E-state index contributed by atoms with van der Waals surface area (Å²) in [6, 6.07) is 10.7. The molecule has 0 saturated heterocycles. The maximum atomic E-state index is 12.1. The molecule has 9 heteroatoms. The van der Waals surface area contributed by atoms with Crippen LogP contribution in [0, 0.1) is 17.0 Å². The number of carbonyl (C=O) groups is 2. The van der Waals surface area contributed by atoms with Gasteiger partial charge in [-0.1, -0.05) is 34.1 Å². The van der Waals surface area contributed by atoms with Crippen LogP contribution in [0.25, 0.3) is 0 Å². The van der Waals surface area contributed by atoms with Crippen molar-refractivity contribution in [2.45, 2.75) is 20.0 Å². The molecule has 2 rings (SSSR count). The van der Waals surface area contributed by atoms with E-state index < -0.39 is 22.8 Å². The van der Waals surface area contributed by atoms with Crippen molar-refractivity contribution < 1.29 is 19.2 Å². The highest BCUT2D eigenvalue weighted by Crippen LogP contribution is 2.26. The van der Waals surface area contributed by atoms with Crippen molar-refractivity contribution >= 4 is 33.4 Å². The molecule has 2 aromatic rings. The van der Waals surface area contributed by atoms with E-state index >= 15 is 0 Å². The largest absolute Gasteiger partial charge is 0.474 e. The number of nitro groups is 1. The molecule has 2 N–H and O–H groups in total. The molecule has 26 heavy (non-hydrogen) atoms. The fourth-order valence-corrected chi connectivity index (χ4v) is 2.36. The van der Waals surface area contributed by atoms with Gasteiger partial charge in [0.05, 0.1) is 4.92 Å². The Morgan fingerprint density at radius 1 is 1.19 bits per heavy atom. The van der Waals surface area contributed by atoms with Crippen LogP contribution in [0.4, 0.5) is 5.69 Å². The Balaban J connectivity index is 1.96. The molecule has 0 aromatic heterocycles. The quantitative estimate of drug-likeness (QED) is 0.569. The van der Waals surface area contributed by atoms with Crippen LogP contribution in [0.15, 0.2) is 46.9 Å². The second-order valence-electron chi connectivity index (χ2n) is 5.39. The molecule has 8 nitrogen and oxygen atoms in total. The number of carbonyl (C=O) groups excluding carboxylic acids is 2. The number of nitrogens with zero attached hydrogens (tertiary/aromatic N) is 1. The van der Waals surface area contributed by atoms with Gasteiger partial charge in [0.15, 0.2) is 11.9 Å². The molecule has 0 fully saturated rings. The highest BCUT2D eigenvalue weighted by molar-refractivity contribution is 9.10. The number of amides is 2. The van der Waals surface area contributed by atoms with Gasteiger partial charge >= 0.3 is 5.69 Å². The number of benzene rings is 2. The van der Waals surface area contributed by atoms with Crippen LogP contribution >= 0.6 is 15.9 Å². The molecular formula is C17H16BrN3O5. The molecule has 0 aliphatic heterocycles. The van der Waals surface area contributed by atoms with E-state index in [1.54, 1.807) is 24.3 Å². The van der Waals surface area contributed by atoms with E-state index in [4.69, 9.17) is 4.74 Å². The molecule has 0 aliphatic carbocycles. The van der Waals surface area contributed by atoms with Gasteiger partial charge in [-0.15, -0.1) is 0 Å². The van der Waals surface area contributed by atoms with Gasteiger partial charge in [0.1, 0.15) is 0 Å². The summed E-state index contributed by atoms with van der Waals surface area (Å²) in [4.78, 5) is 34.5. The van der Waals surface area contributed by atoms with E-state index in [1.807, 2.05) is 6.92 Å². The van der Waals surface area contributed by atoms with Crippen molar-refractivity contribution in [1.29, 1.82) is 0 Å². The average Bonchev–Trinajstić information content (AvgIpc) is 2.61. The zero-order valence-electron chi connectivity index (χ0n) is 14.0. The molecule has 2 amide bonds. The number of halogens is 1. The number of nitro benzene ring substituents is 1. The summed E-state index contributed by atoms with van der Waals surface area (Å²) < 4.78 is 6.10. The Hall–Kier alpha value is -2.94. The summed E-state index contributed by atoms with van der Waals surface area (Å²) in [5.41, 5.74) is 5.59. The van der Waals surface area contributed by atoms with Gasteiger partial charge in [-0.05, 0) is 37.6 Å². The SMILES string of the molecule is Cc1ccc(C(=O)NNC(=O)C(C)Oc2ccccc2[N+](=O)[O-])cc1Br. The first kappa shape index (κ1) is 19.4. The predicted molar refractivity (Wildman–Crippen MR) is 97.7 cm³/mol. The number of hydrogen-bond acceptors (Lipinski definition) is 5. The topological polar surface area (TPSA) is 111 Å². The average molecular weight is 422 g/mol. The highest BCUT2D eigenvalue weighted by atomic mass is 79.9. The molecule has 0 bridgehead atoms. The van der Waals surface area contributed by atoms with Gasteiger partial charge in [0, 0.05) is 16.1 Å². The lowest BCUT2D eigenvalue weighted by atomic mass is 10.1. The summed E-state index contributed by atoms with van der Waals surface area (Å²) in [5.74, 6) is -1.19. The number of nitrogens with one attached hydrogen (secondary N) is 2. The van der Waals surface area contributed by atoms with E-state index in [0.29, 0.717) is 5.56 Å². The molecular weight excluding hydrogens is 406 g/mol. The van der Waals surface area contributed by atoms with Crippen molar-refractivity contribution in [3.63, 3.8) is 0 Å². The number of hydrogen-bond donors (Lipinski definition) is 2. The lowest BCUT2D eigenvalue weighted by molar-refractivity contribution is -0.386. The van der Waals surface area contributed by atoms with Crippen molar-refractivity contribution in [2.24, 2.45) is 0 Å². The van der Waals surface area contributed by atoms with E-state index in [1.165, 1.54) is 25.1 Å². The van der Waals surface area contributed by atoms with Crippen LogP contribution in [-0.4, -0.2) is 22.8 Å². The minimum Gasteiger partial charge on any atom is -0.474 e. The Morgan fingerprint density at radius 2 is 1.88 bits per heavy atom. The third-order valence-electron chi connectivity index (χ3n) is 3.47. The highest BCUT2D eigenvalue weighted by Gasteiger charge is 2.21. The van der Waals surface area contributed by atoms with E-state index in [0.717, 1.165) is 10.0 Å². The lowest BCUT2D eigenvalue weighted by Crippen LogP contribution is -2.47. The summed E-state index contributed by atoms with van der Waals surface area (Å²) in [5, 5.41) is 11.0. The van der Waals surface area contributed by atoms with E-state index in [-0.39, 0.29) is 11.4 Å². The van der Waals surface area contributed by atoms with Crippen LogP contribution < -0.4 is 15.6 Å². The second kappa shape index (κ2) is 8.43. The third kappa shape index (κ3) is 4.79. The smallest absolute Gasteiger partial charge is 0.310 e. The van der Waals surface area contributed by atoms with Gasteiger partial charge in [0.25, 0.3) is 11.8 Å². The molecule has 0 spiro atoms. The van der Waals surface area contributed by atoms with Crippen LogP contribution in [-0.2, 0) is 4.79 Å². The molecule has 1 unspecified atom stereocenters. The third-order valence-corrected chi connectivity index (χ3v) is 4.32. The van der Waals surface area contributed by atoms with Crippen LogP contribution in [0.3, 0.4) is 0 Å². The molecule has 1 atom stereocenters. The van der Waals surface area contributed by atoms with Crippen molar-refractivity contribution in [3.05, 3.63) is 68.2 Å². The lowest BCUT2D eigenvalue weighted by Gasteiger charge is -2.15. The van der Waals surface area contributed by atoms with E-state index in [9.17, 15) is 19.7 Å². The normalized spacial score (nSPS) is 11.3. The Labute approximate surface area is 157 Å².